The number of ketones is 1. The first-order valence-corrected chi connectivity index (χ1v) is 8.32. The third kappa shape index (κ3) is 2.68. The van der Waals surface area contributed by atoms with Gasteiger partial charge in [-0.1, -0.05) is 6.92 Å². The van der Waals surface area contributed by atoms with Gasteiger partial charge in [0, 0.05) is 17.0 Å². The van der Waals surface area contributed by atoms with Crippen LogP contribution >= 0.6 is 0 Å². The first kappa shape index (κ1) is 16.6. The van der Waals surface area contributed by atoms with Crippen molar-refractivity contribution in [3.8, 4) is 5.75 Å². The predicted molar refractivity (Wildman–Crippen MR) is 91.8 cm³/mol. The van der Waals surface area contributed by atoms with Crippen molar-refractivity contribution in [2.45, 2.75) is 59.1 Å². The zero-order valence-electron chi connectivity index (χ0n) is 14.8. The Balaban J connectivity index is 2.12. The summed E-state index contributed by atoms with van der Waals surface area (Å²) in [7, 11) is 0. The molecule has 1 aromatic carbocycles. The van der Waals surface area contributed by atoms with Gasteiger partial charge < -0.3 is 14.5 Å². The summed E-state index contributed by atoms with van der Waals surface area (Å²) >= 11 is 0. The number of aryl methyl sites for hydroxylation is 1. The number of amides is 1. The Bertz CT molecular complexity index is 831. The molecule has 0 saturated carbocycles. The van der Waals surface area contributed by atoms with E-state index in [0.29, 0.717) is 34.3 Å². The van der Waals surface area contributed by atoms with Crippen molar-refractivity contribution in [2.75, 3.05) is 0 Å². The summed E-state index contributed by atoms with van der Waals surface area (Å²) < 4.78 is 11.7. The van der Waals surface area contributed by atoms with Crippen LogP contribution in [0.25, 0.3) is 11.0 Å². The lowest BCUT2D eigenvalue weighted by atomic mass is 9.90. The van der Waals surface area contributed by atoms with Crippen molar-refractivity contribution in [1.82, 2.24) is 5.32 Å². The number of nitrogens with one attached hydrogen (secondary N) is 1. The normalized spacial score (nSPS) is 17.3. The Kier molecular flexibility index (Phi) is 3.90. The molecular formula is C19H23NO4. The summed E-state index contributed by atoms with van der Waals surface area (Å²) in [6.07, 6.45) is 1.14. The molecule has 1 unspecified atom stereocenters. The van der Waals surface area contributed by atoms with E-state index in [-0.39, 0.29) is 23.5 Å². The van der Waals surface area contributed by atoms with Crippen molar-refractivity contribution in [2.24, 2.45) is 0 Å². The average Bonchev–Trinajstić information content (AvgIpc) is 2.83. The number of ether oxygens (including phenoxy) is 1. The largest absolute Gasteiger partial charge is 0.487 e. The standard InChI is InChI=1S/C19H23NO4/c1-6-10(2)20-18(22)17-11(3)15-13(23-17)7-8-14-16(15)12(21)9-19(4,5)24-14/h7-8,10H,6,9H2,1-5H3,(H,20,22). The fourth-order valence-electron chi connectivity index (χ4n) is 3.10. The number of Topliss-reactive ketones (excluding diaryl/α,β-unsaturated/α-hetero) is 1. The van der Waals surface area contributed by atoms with Crippen molar-refractivity contribution in [3.63, 3.8) is 0 Å². The molecule has 128 valence electrons. The van der Waals surface area contributed by atoms with Gasteiger partial charge in [0.2, 0.25) is 0 Å². The molecule has 1 amide bonds. The SMILES string of the molecule is CCC(C)NC(=O)c1oc2ccc3c(c2c1C)C(=O)CC(C)(C)O3. The second-order valence-corrected chi connectivity index (χ2v) is 7.11. The van der Waals surface area contributed by atoms with E-state index in [4.69, 9.17) is 9.15 Å². The van der Waals surface area contributed by atoms with Gasteiger partial charge in [-0.3, -0.25) is 9.59 Å². The Morgan fingerprint density at radius 3 is 2.75 bits per heavy atom. The van der Waals surface area contributed by atoms with Crippen LogP contribution in [-0.4, -0.2) is 23.3 Å². The highest BCUT2D eigenvalue weighted by Crippen LogP contribution is 2.40. The zero-order valence-corrected chi connectivity index (χ0v) is 14.8. The number of hydrogen-bond acceptors (Lipinski definition) is 4. The quantitative estimate of drug-likeness (QED) is 0.923. The van der Waals surface area contributed by atoms with Crippen LogP contribution in [0.1, 0.15) is 67.0 Å². The molecular weight excluding hydrogens is 306 g/mol. The highest BCUT2D eigenvalue weighted by Gasteiger charge is 2.35. The fraction of sp³-hybridized carbons (Fsp3) is 0.474. The van der Waals surface area contributed by atoms with Crippen molar-refractivity contribution < 1.29 is 18.7 Å². The molecule has 5 nitrogen and oxygen atoms in total. The van der Waals surface area contributed by atoms with Crippen LogP contribution in [0.2, 0.25) is 0 Å². The molecule has 1 aliphatic heterocycles. The first-order chi connectivity index (χ1) is 11.2. The van der Waals surface area contributed by atoms with Crippen LogP contribution in [0.4, 0.5) is 0 Å². The number of furan rings is 1. The van der Waals surface area contributed by atoms with Gasteiger partial charge in [-0.05, 0) is 46.2 Å². The molecule has 0 radical (unpaired) electrons. The second-order valence-electron chi connectivity index (χ2n) is 7.11. The van der Waals surface area contributed by atoms with Gasteiger partial charge in [0.05, 0.1) is 12.0 Å². The van der Waals surface area contributed by atoms with E-state index in [1.54, 1.807) is 12.1 Å². The minimum atomic E-state index is -0.522. The Hall–Kier alpha value is -2.30. The molecule has 1 aliphatic rings. The van der Waals surface area contributed by atoms with Crippen LogP contribution in [0, 0.1) is 6.92 Å². The molecule has 2 aromatic rings. The Labute approximate surface area is 141 Å². The molecule has 0 fully saturated rings. The minimum absolute atomic E-state index is 0.0182. The van der Waals surface area contributed by atoms with E-state index in [1.165, 1.54) is 0 Å². The van der Waals surface area contributed by atoms with E-state index < -0.39 is 5.60 Å². The lowest BCUT2D eigenvalue weighted by Crippen LogP contribution is -2.36. The summed E-state index contributed by atoms with van der Waals surface area (Å²) in [6.45, 7) is 9.54. The summed E-state index contributed by atoms with van der Waals surface area (Å²) in [4.78, 5) is 25.1. The van der Waals surface area contributed by atoms with Crippen LogP contribution in [-0.2, 0) is 0 Å². The number of fused-ring (bicyclic) bond motifs is 3. The third-order valence-electron chi connectivity index (χ3n) is 4.50. The average molecular weight is 329 g/mol. The van der Waals surface area contributed by atoms with Gasteiger partial charge >= 0.3 is 0 Å². The lowest BCUT2D eigenvalue weighted by molar-refractivity contribution is 0.0623. The maximum atomic E-state index is 12.6. The van der Waals surface area contributed by atoms with Crippen molar-refractivity contribution in [3.05, 3.63) is 29.0 Å². The molecule has 1 aromatic heterocycles. The zero-order chi connectivity index (χ0) is 17.6. The topological polar surface area (TPSA) is 68.5 Å². The molecule has 0 aliphatic carbocycles. The van der Waals surface area contributed by atoms with E-state index in [0.717, 1.165) is 6.42 Å². The van der Waals surface area contributed by atoms with Crippen molar-refractivity contribution >= 4 is 22.7 Å². The lowest BCUT2D eigenvalue weighted by Gasteiger charge is -2.31. The van der Waals surface area contributed by atoms with Gasteiger partial charge in [0.1, 0.15) is 16.9 Å². The Morgan fingerprint density at radius 1 is 1.38 bits per heavy atom. The number of benzene rings is 1. The number of carbonyl (C=O) groups is 2. The molecule has 1 N–H and O–H groups in total. The molecule has 0 bridgehead atoms. The minimum Gasteiger partial charge on any atom is -0.487 e. The van der Waals surface area contributed by atoms with Gasteiger partial charge in [0.15, 0.2) is 11.5 Å². The molecule has 2 heterocycles. The van der Waals surface area contributed by atoms with Crippen LogP contribution in [0.15, 0.2) is 16.5 Å². The molecule has 5 heteroatoms. The summed E-state index contributed by atoms with van der Waals surface area (Å²) in [5.74, 6) is 0.582. The van der Waals surface area contributed by atoms with Crippen LogP contribution in [0.3, 0.4) is 0 Å². The van der Waals surface area contributed by atoms with Gasteiger partial charge in [-0.15, -0.1) is 0 Å². The van der Waals surface area contributed by atoms with Crippen LogP contribution in [0.5, 0.6) is 5.75 Å². The fourth-order valence-corrected chi connectivity index (χ4v) is 3.10. The van der Waals surface area contributed by atoms with Gasteiger partial charge in [-0.2, -0.15) is 0 Å². The summed E-state index contributed by atoms with van der Waals surface area (Å²) in [5, 5.41) is 3.59. The number of hydrogen-bond donors (Lipinski definition) is 1. The number of rotatable bonds is 3. The molecule has 24 heavy (non-hydrogen) atoms. The van der Waals surface area contributed by atoms with E-state index in [1.807, 2.05) is 34.6 Å². The molecule has 3 rings (SSSR count). The highest BCUT2D eigenvalue weighted by atomic mass is 16.5. The van der Waals surface area contributed by atoms with Gasteiger partial charge in [0.25, 0.3) is 5.91 Å². The second kappa shape index (κ2) is 5.65. The summed E-state index contributed by atoms with van der Waals surface area (Å²) in [6, 6.07) is 3.57. The number of carbonyl (C=O) groups excluding carboxylic acids is 2. The first-order valence-electron chi connectivity index (χ1n) is 8.32. The maximum absolute atomic E-state index is 12.6. The predicted octanol–water partition coefficient (Wildman–Crippen LogP) is 4.01. The van der Waals surface area contributed by atoms with Gasteiger partial charge in [-0.25, -0.2) is 0 Å². The van der Waals surface area contributed by atoms with E-state index >= 15 is 0 Å². The molecule has 1 atom stereocenters. The molecule has 0 spiro atoms. The van der Waals surface area contributed by atoms with Crippen LogP contribution < -0.4 is 10.1 Å². The Morgan fingerprint density at radius 2 is 2.08 bits per heavy atom. The monoisotopic (exact) mass is 329 g/mol. The highest BCUT2D eigenvalue weighted by molar-refractivity contribution is 6.13. The van der Waals surface area contributed by atoms with E-state index in [2.05, 4.69) is 5.32 Å². The molecule has 0 saturated heterocycles. The van der Waals surface area contributed by atoms with Crippen molar-refractivity contribution in [1.29, 1.82) is 0 Å². The third-order valence-corrected chi connectivity index (χ3v) is 4.50. The van der Waals surface area contributed by atoms with E-state index in [9.17, 15) is 9.59 Å². The smallest absolute Gasteiger partial charge is 0.287 e. The maximum Gasteiger partial charge on any atom is 0.287 e. The summed E-state index contributed by atoms with van der Waals surface area (Å²) in [5.41, 5.74) is 1.22.